The number of ether oxygens (including phenoxy) is 1. The van der Waals surface area contributed by atoms with E-state index in [4.69, 9.17) is 10.5 Å². The van der Waals surface area contributed by atoms with Crippen LogP contribution in [0.15, 0.2) is 18.2 Å². The number of hydrogen-bond donors (Lipinski definition) is 2. The molecule has 1 saturated heterocycles. The van der Waals surface area contributed by atoms with E-state index in [1.165, 1.54) is 7.11 Å². The van der Waals surface area contributed by atoms with Gasteiger partial charge in [-0.25, -0.2) is 8.42 Å². The fourth-order valence-electron chi connectivity index (χ4n) is 2.23. The second kappa shape index (κ2) is 5.70. The van der Waals surface area contributed by atoms with Gasteiger partial charge in [0, 0.05) is 6.07 Å². The molecule has 1 heterocycles. The van der Waals surface area contributed by atoms with Crippen molar-refractivity contribution in [3.05, 3.63) is 18.2 Å². The SMILES string of the molecule is COc1ccc(N)c(NC(=O)C2CCCCS2(=O)=O)c1. The molecule has 1 unspecified atom stereocenters. The second-order valence-electron chi connectivity index (χ2n) is 4.79. The van der Waals surface area contributed by atoms with E-state index in [-0.39, 0.29) is 5.75 Å². The molecule has 1 aliphatic rings. The Labute approximate surface area is 118 Å². The third kappa shape index (κ3) is 3.04. The average Bonchev–Trinajstić information content (AvgIpc) is 2.40. The highest BCUT2D eigenvalue weighted by Gasteiger charge is 2.35. The molecule has 110 valence electrons. The first kappa shape index (κ1) is 14.6. The number of nitrogens with one attached hydrogen (secondary N) is 1. The number of carbonyl (C=O) groups is 1. The molecule has 20 heavy (non-hydrogen) atoms. The van der Waals surface area contributed by atoms with Crippen molar-refractivity contribution in [2.24, 2.45) is 0 Å². The lowest BCUT2D eigenvalue weighted by molar-refractivity contribution is -0.116. The molecule has 1 atom stereocenters. The highest BCUT2D eigenvalue weighted by atomic mass is 32.2. The number of benzene rings is 1. The van der Waals surface area contributed by atoms with Gasteiger partial charge in [-0.3, -0.25) is 4.79 Å². The Morgan fingerprint density at radius 1 is 1.40 bits per heavy atom. The summed E-state index contributed by atoms with van der Waals surface area (Å²) >= 11 is 0. The van der Waals surface area contributed by atoms with Crippen molar-refractivity contribution in [1.82, 2.24) is 0 Å². The Morgan fingerprint density at radius 3 is 2.80 bits per heavy atom. The van der Waals surface area contributed by atoms with E-state index in [2.05, 4.69) is 5.32 Å². The summed E-state index contributed by atoms with van der Waals surface area (Å²) in [5.41, 5.74) is 6.51. The van der Waals surface area contributed by atoms with Crippen LogP contribution in [0.25, 0.3) is 0 Å². The smallest absolute Gasteiger partial charge is 0.242 e. The predicted molar refractivity (Wildman–Crippen MR) is 77.5 cm³/mol. The molecule has 1 aliphatic heterocycles. The number of nitrogen functional groups attached to an aromatic ring is 1. The van der Waals surface area contributed by atoms with Crippen molar-refractivity contribution in [2.45, 2.75) is 24.5 Å². The standard InChI is InChI=1S/C13H18N2O4S/c1-19-9-5-6-10(14)11(8-9)15-13(16)12-4-2-3-7-20(12,17)18/h5-6,8,12H,2-4,7,14H2,1H3,(H,15,16). The van der Waals surface area contributed by atoms with E-state index >= 15 is 0 Å². The molecule has 1 fully saturated rings. The molecule has 0 radical (unpaired) electrons. The third-order valence-corrected chi connectivity index (χ3v) is 5.56. The van der Waals surface area contributed by atoms with Gasteiger partial charge in [0.25, 0.3) is 0 Å². The highest BCUT2D eigenvalue weighted by molar-refractivity contribution is 7.92. The van der Waals surface area contributed by atoms with Gasteiger partial charge in [0.1, 0.15) is 11.0 Å². The van der Waals surface area contributed by atoms with Crippen LogP contribution in [0.4, 0.5) is 11.4 Å². The number of carbonyl (C=O) groups excluding carboxylic acids is 1. The molecule has 7 heteroatoms. The van der Waals surface area contributed by atoms with Crippen molar-refractivity contribution < 1.29 is 17.9 Å². The van der Waals surface area contributed by atoms with Gasteiger partial charge >= 0.3 is 0 Å². The van der Waals surface area contributed by atoms with Crippen molar-refractivity contribution in [3.63, 3.8) is 0 Å². The third-order valence-electron chi connectivity index (χ3n) is 3.39. The summed E-state index contributed by atoms with van der Waals surface area (Å²) in [5, 5.41) is 1.60. The minimum absolute atomic E-state index is 0.0681. The van der Waals surface area contributed by atoms with E-state index in [1.807, 2.05) is 0 Å². The molecule has 1 aromatic carbocycles. The van der Waals surface area contributed by atoms with E-state index in [9.17, 15) is 13.2 Å². The Kier molecular flexibility index (Phi) is 4.17. The van der Waals surface area contributed by atoms with Gasteiger partial charge in [-0.1, -0.05) is 6.42 Å². The molecular formula is C13H18N2O4S. The fraction of sp³-hybridized carbons (Fsp3) is 0.462. The summed E-state index contributed by atoms with van der Waals surface area (Å²) in [4.78, 5) is 12.1. The zero-order chi connectivity index (χ0) is 14.8. The van der Waals surface area contributed by atoms with Crippen LogP contribution in [0.1, 0.15) is 19.3 Å². The molecule has 1 aromatic rings. The van der Waals surface area contributed by atoms with Gasteiger partial charge in [-0.15, -0.1) is 0 Å². The monoisotopic (exact) mass is 298 g/mol. The van der Waals surface area contributed by atoms with Crippen LogP contribution < -0.4 is 15.8 Å². The Bertz CT molecular complexity index is 613. The second-order valence-corrected chi connectivity index (χ2v) is 7.10. The molecule has 0 bridgehead atoms. The van der Waals surface area contributed by atoms with E-state index in [0.29, 0.717) is 30.0 Å². The topological polar surface area (TPSA) is 98.5 Å². The first-order valence-corrected chi connectivity index (χ1v) is 8.11. The molecule has 0 aromatic heterocycles. The molecule has 6 nitrogen and oxygen atoms in total. The van der Waals surface area contributed by atoms with Crippen molar-refractivity contribution in [2.75, 3.05) is 23.9 Å². The van der Waals surface area contributed by atoms with Crippen molar-refractivity contribution in [3.8, 4) is 5.75 Å². The van der Waals surface area contributed by atoms with E-state index in [0.717, 1.165) is 6.42 Å². The fourth-order valence-corrected chi connectivity index (χ4v) is 4.03. The molecule has 2 rings (SSSR count). The number of amides is 1. The van der Waals surface area contributed by atoms with Gasteiger partial charge in [-0.05, 0) is 25.0 Å². The minimum Gasteiger partial charge on any atom is -0.497 e. The molecule has 3 N–H and O–H groups in total. The molecule has 0 spiro atoms. The maximum Gasteiger partial charge on any atom is 0.242 e. The largest absolute Gasteiger partial charge is 0.497 e. The van der Waals surface area contributed by atoms with Crippen LogP contribution in [0, 0.1) is 0 Å². The summed E-state index contributed by atoms with van der Waals surface area (Å²) in [5.74, 6) is 0.0873. The number of rotatable bonds is 3. The van der Waals surface area contributed by atoms with Crippen LogP contribution in [0.5, 0.6) is 5.75 Å². The summed E-state index contributed by atoms with van der Waals surface area (Å²) < 4.78 is 28.9. The molecule has 1 amide bonds. The van der Waals surface area contributed by atoms with Crippen LogP contribution >= 0.6 is 0 Å². The summed E-state index contributed by atoms with van der Waals surface area (Å²) in [6.45, 7) is 0. The Balaban J connectivity index is 2.19. The van der Waals surface area contributed by atoms with E-state index in [1.54, 1.807) is 18.2 Å². The average molecular weight is 298 g/mol. The molecule has 0 saturated carbocycles. The lowest BCUT2D eigenvalue weighted by atomic mass is 10.1. The quantitative estimate of drug-likeness (QED) is 0.817. The van der Waals surface area contributed by atoms with Gasteiger partial charge < -0.3 is 15.8 Å². The maximum absolute atomic E-state index is 12.1. The zero-order valence-corrected chi connectivity index (χ0v) is 12.1. The van der Waals surface area contributed by atoms with Crippen molar-refractivity contribution >= 4 is 27.1 Å². The first-order valence-electron chi connectivity index (χ1n) is 6.40. The normalized spacial score (nSPS) is 21.1. The Morgan fingerprint density at radius 2 is 2.15 bits per heavy atom. The number of nitrogens with two attached hydrogens (primary N) is 1. The number of sulfone groups is 1. The van der Waals surface area contributed by atoms with E-state index < -0.39 is 21.0 Å². The highest BCUT2D eigenvalue weighted by Crippen LogP contribution is 2.26. The lowest BCUT2D eigenvalue weighted by Crippen LogP contribution is -2.39. The summed E-state index contributed by atoms with van der Waals surface area (Å²) in [7, 11) is -1.85. The first-order chi connectivity index (χ1) is 9.44. The summed E-state index contributed by atoms with van der Waals surface area (Å²) in [6.07, 6.45) is 1.72. The predicted octanol–water partition coefficient (Wildman–Crippen LogP) is 1.18. The van der Waals surface area contributed by atoms with Crippen LogP contribution in [0.3, 0.4) is 0 Å². The van der Waals surface area contributed by atoms with Crippen LogP contribution in [0.2, 0.25) is 0 Å². The number of hydrogen-bond acceptors (Lipinski definition) is 5. The van der Waals surface area contributed by atoms with Gasteiger partial charge in [0.2, 0.25) is 5.91 Å². The van der Waals surface area contributed by atoms with Gasteiger partial charge in [-0.2, -0.15) is 0 Å². The van der Waals surface area contributed by atoms with Crippen LogP contribution in [-0.4, -0.2) is 32.4 Å². The van der Waals surface area contributed by atoms with Gasteiger partial charge in [0.15, 0.2) is 9.84 Å². The molecule has 0 aliphatic carbocycles. The maximum atomic E-state index is 12.1. The van der Waals surface area contributed by atoms with Crippen molar-refractivity contribution in [1.29, 1.82) is 0 Å². The molecular weight excluding hydrogens is 280 g/mol. The zero-order valence-electron chi connectivity index (χ0n) is 11.3. The van der Waals surface area contributed by atoms with Gasteiger partial charge in [0.05, 0.1) is 24.2 Å². The lowest BCUT2D eigenvalue weighted by Gasteiger charge is -2.21. The number of anilines is 2. The summed E-state index contributed by atoms with van der Waals surface area (Å²) in [6, 6.07) is 4.84. The van der Waals surface area contributed by atoms with Crippen LogP contribution in [-0.2, 0) is 14.6 Å². The Hall–Kier alpha value is -1.76. The minimum atomic E-state index is -3.36. The number of methoxy groups -OCH3 is 1.